The first-order chi connectivity index (χ1) is 19.3. The predicted octanol–water partition coefficient (Wildman–Crippen LogP) is 4.91. The van der Waals surface area contributed by atoms with Crippen LogP contribution in [0.1, 0.15) is 37.9 Å². The van der Waals surface area contributed by atoms with Gasteiger partial charge in [0.25, 0.3) is 0 Å². The summed E-state index contributed by atoms with van der Waals surface area (Å²) in [4.78, 5) is 32.5. The molecule has 1 unspecified atom stereocenters. The predicted molar refractivity (Wildman–Crippen MR) is 162 cm³/mol. The first kappa shape index (κ1) is 28.9. The van der Waals surface area contributed by atoms with Crippen molar-refractivity contribution >= 4 is 23.3 Å². The number of rotatable bonds is 9. The first-order valence-corrected chi connectivity index (χ1v) is 13.8. The van der Waals surface area contributed by atoms with Gasteiger partial charge in [-0.3, -0.25) is 14.6 Å². The fraction of sp³-hybridized carbons (Fsp3) is 0.312. The zero-order valence-electron chi connectivity index (χ0n) is 23.7. The van der Waals surface area contributed by atoms with Gasteiger partial charge in [0, 0.05) is 50.2 Å². The maximum Gasteiger partial charge on any atom is 0.343 e. The Labute approximate surface area is 237 Å². The molecule has 1 heterocycles. The number of hydrogen-bond acceptors (Lipinski definition) is 5. The number of nitrogens with one attached hydrogen (secondary N) is 1. The average molecular weight is 541 g/mol. The molecule has 0 aliphatic carbocycles. The number of carbonyl (C=O) groups is 2. The Balaban J connectivity index is 1.40. The third kappa shape index (κ3) is 6.89. The van der Waals surface area contributed by atoms with E-state index in [1.54, 1.807) is 11.8 Å². The van der Waals surface area contributed by atoms with Crippen molar-refractivity contribution in [2.24, 2.45) is 5.84 Å². The van der Waals surface area contributed by atoms with E-state index in [9.17, 15) is 9.59 Å². The third-order valence-corrected chi connectivity index (χ3v) is 7.19. The molecule has 3 amide bonds. The highest BCUT2D eigenvalue weighted by molar-refractivity contribution is 5.92. The third-order valence-electron chi connectivity index (χ3n) is 7.19. The molecule has 3 aromatic carbocycles. The summed E-state index contributed by atoms with van der Waals surface area (Å²) in [5, 5.41) is 4.30. The van der Waals surface area contributed by atoms with Gasteiger partial charge in [-0.1, -0.05) is 67.2 Å². The number of carbonyl (C=O) groups excluding carboxylic acids is 2. The summed E-state index contributed by atoms with van der Waals surface area (Å²) >= 11 is 0. The highest BCUT2D eigenvalue weighted by atomic mass is 16.2. The topological polar surface area (TPSA) is 85.2 Å². The number of nitrogens with two attached hydrogens (primary N) is 1. The number of hydrazine groups is 1. The summed E-state index contributed by atoms with van der Waals surface area (Å²) in [6.45, 7) is 13.1. The van der Waals surface area contributed by atoms with E-state index in [1.165, 1.54) is 0 Å². The van der Waals surface area contributed by atoms with Crippen molar-refractivity contribution in [3.05, 3.63) is 108 Å². The molecular weight excluding hydrogens is 500 g/mol. The minimum absolute atomic E-state index is 0.00534. The molecule has 1 fully saturated rings. The highest BCUT2D eigenvalue weighted by Crippen LogP contribution is 2.26. The summed E-state index contributed by atoms with van der Waals surface area (Å²) in [6.07, 6.45) is 0. The Hall–Kier alpha value is -4.14. The lowest BCUT2D eigenvalue weighted by Gasteiger charge is -2.40. The number of nitrogens with zero attached hydrogens (tertiary/aromatic N) is 4. The molecule has 1 aliphatic heterocycles. The maximum atomic E-state index is 13.4. The first-order valence-electron chi connectivity index (χ1n) is 13.8. The van der Waals surface area contributed by atoms with Crippen LogP contribution in [-0.4, -0.2) is 54.0 Å². The molecule has 0 spiro atoms. The number of benzene rings is 3. The lowest BCUT2D eigenvalue weighted by atomic mass is 10.0. The van der Waals surface area contributed by atoms with Crippen LogP contribution < -0.4 is 21.1 Å². The molecule has 0 saturated carbocycles. The molecule has 210 valence electrons. The zero-order chi connectivity index (χ0) is 28.6. The molecule has 8 nitrogen and oxygen atoms in total. The van der Waals surface area contributed by atoms with Crippen LogP contribution in [0.3, 0.4) is 0 Å². The van der Waals surface area contributed by atoms with Gasteiger partial charge in [-0.2, -0.15) is 0 Å². The molecule has 1 atom stereocenters. The Kier molecular flexibility index (Phi) is 9.58. The molecular formula is C32H40N6O2. The molecule has 3 aromatic rings. The largest absolute Gasteiger partial charge is 0.369 e. The van der Waals surface area contributed by atoms with E-state index in [0.29, 0.717) is 17.9 Å². The fourth-order valence-corrected chi connectivity index (χ4v) is 5.16. The van der Waals surface area contributed by atoms with E-state index in [1.807, 2.05) is 98.8 Å². The van der Waals surface area contributed by atoms with Gasteiger partial charge in [0.15, 0.2) is 0 Å². The Bertz CT molecular complexity index is 1270. The fourth-order valence-electron chi connectivity index (χ4n) is 5.16. The molecule has 1 saturated heterocycles. The normalized spacial score (nSPS) is 14.5. The minimum atomic E-state index is -0.358. The molecule has 40 heavy (non-hydrogen) atoms. The van der Waals surface area contributed by atoms with Crippen molar-refractivity contribution in [2.45, 2.75) is 39.4 Å². The molecule has 0 aromatic heterocycles. The van der Waals surface area contributed by atoms with Crippen LogP contribution >= 0.6 is 0 Å². The van der Waals surface area contributed by atoms with Gasteiger partial charge in [0.05, 0.1) is 5.69 Å². The van der Waals surface area contributed by atoms with E-state index in [0.717, 1.165) is 48.0 Å². The van der Waals surface area contributed by atoms with Crippen molar-refractivity contribution in [1.29, 1.82) is 0 Å². The molecule has 1 aliphatic rings. The summed E-state index contributed by atoms with van der Waals surface area (Å²) in [6, 6.07) is 26.9. The Morgan fingerprint density at radius 1 is 0.900 bits per heavy atom. The van der Waals surface area contributed by atoms with Crippen LogP contribution in [0.5, 0.6) is 0 Å². The van der Waals surface area contributed by atoms with Gasteiger partial charge in [0.2, 0.25) is 5.91 Å². The lowest BCUT2D eigenvalue weighted by Crippen LogP contribution is -2.51. The van der Waals surface area contributed by atoms with Gasteiger partial charge >= 0.3 is 6.03 Å². The number of amides is 3. The van der Waals surface area contributed by atoms with Crippen molar-refractivity contribution in [2.75, 3.05) is 36.1 Å². The number of anilines is 2. The molecule has 0 radical (unpaired) electrons. The number of urea groups is 1. The Morgan fingerprint density at radius 3 is 2.02 bits per heavy atom. The van der Waals surface area contributed by atoms with Crippen molar-refractivity contribution in [3.8, 4) is 0 Å². The highest BCUT2D eigenvalue weighted by Gasteiger charge is 2.30. The molecule has 4 rings (SSSR count). The van der Waals surface area contributed by atoms with Crippen LogP contribution in [0.4, 0.5) is 16.2 Å². The van der Waals surface area contributed by atoms with Gasteiger partial charge < -0.3 is 10.2 Å². The van der Waals surface area contributed by atoms with E-state index in [4.69, 9.17) is 5.84 Å². The SMILES string of the molecule is C=C(C)N(C(=O)N(N)c1ccc(N2CCN(C(C(=O)NCc3ccccc3)c3ccccc3)CC2)cc1)C(C)C. The van der Waals surface area contributed by atoms with E-state index >= 15 is 0 Å². The van der Waals surface area contributed by atoms with Crippen LogP contribution in [0.25, 0.3) is 0 Å². The summed E-state index contributed by atoms with van der Waals surface area (Å²) in [5.74, 6) is 6.19. The smallest absolute Gasteiger partial charge is 0.343 e. The number of allylic oxidation sites excluding steroid dienone is 1. The minimum Gasteiger partial charge on any atom is -0.369 e. The number of piperazine rings is 1. The second-order valence-corrected chi connectivity index (χ2v) is 10.4. The van der Waals surface area contributed by atoms with E-state index in [-0.39, 0.29) is 24.0 Å². The van der Waals surface area contributed by atoms with Crippen molar-refractivity contribution < 1.29 is 9.59 Å². The average Bonchev–Trinajstić information content (AvgIpc) is 2.97. The van der Waals surface area contributed by atoms with Crippen LogP contribution in [0, 0.1) is 0 Å². The van der Waals surface area contributed by atoms with Gasteiger partial charge in [-0.05, 0) is 56.2 Å². The number of hydrogen-bond donors (Lipinski definition) is 2. The van der Waals surface area contributed by atoms with Crippen LogP contribution in [-0.2, 0) is 11.3 Å². The molecule has 8 heteroatoms. The quantitative estimate of drug-likeness (QED) is 0.229. The van der Waals surface area contributed by atoms with Crippen molar-refractivity contribution in [1.82, 2.24) is 15.1 Å². The lowest BCUT2D eigenvalue weighted by molar-refractivity contribution is -0.127. The molecule has 3 N–H and O–H groups in total. The second-order valence-electron chi connectivity index (χ2n) is 10.4. The second kappa shape index (κ2) is 13.3. The monoisotopic (exact) mass is 540 g/mol. The van der Waals surface area contributed by atoms with Crippen molar-refractivity contribution in [3.63, 3.8) is 0 Å². The van der Waals surface area contributed by atoms with Crippen LogP contribution in [0.15, 0.2) is 97.2 Å². The van der Waals surface area contributed by atoms with Crippen LogP contribution in [0.2, 0.25) is 0 Å². The zero-order valence-corrected chi connectivity index (χ0v) is 23.7. The standard InChI is InChI=1S/C32H40N6O2/c1-24(2)37(25(3)4)32(40)38(33)29-17-15-28(16-18-29)35-19-21-36(22-20-35)30(27-13-9-6-10-14-27)31(39)34-23-26-11-7-5-8-12-26/h5-18,25,30H,1,19-23,33H2,2-4H3,(H,34,39). The van der Waals surface area contributed by atoms with Gasteiger partial charge in [-0.15, -0.1) is 0 Å². The van der Waals surface area contributed by atoms with Gasteiger partial charge in [-0.25, -0.2) is 15.6 Å². The summed E-state index contributed by atoms with van der Waals surface area (Å²) in [7, 11) is 0. The summed E-state index contributed by atoms with van der Waals surface area (Å²) < 4.78 is 0. The van der Waals surface area contributed by atoms with E-state index < -0.39 is 0 Å². The Morgan fingerprint density at radius 2 is 1.48 bits per heavy atom. The molecule has 0 bridgehead atoms. The van der Waals surface area contributed by atoms with Gasteiger partial charge in [0.1, 0.15) is 6.04 Å². The van der Waals surface area contributed by atoms with E-state index in [2.05, 4.69) is 21.7 Å². The maximum absolute atomic E-state index is 13.4. The summed E-state index contributed by atoms with van der Waals surface area (Å²) in [5.41, 5.74) is 4.37.